The molecular weight excluding hydrogens is 324 g/mol. The first-order valence-electron chi connectivity index (χ1n) is 6.39. The molecule has 118 valence electrons. The van der Waals surface area contributed by atoms with E-state index in [0.717, 1.165) is 6.26 Å². The molecule has 0 fully saturated rings. The van der Waals surface area contributed by atoms with Gasteiger partial charge in [-0.1, -0.05) is 11.8 Å². The Kier molecular flexibility index (Phi) is 4.87. The first-order chi connectivity index (χ1) is 10.3. The lowest BCUT2D eigenvalue weighted by atomic mass is 10.1. The molecular formula is C13H16N4O3S2. The third kappa shape index (κ3) is 4.31. The number of aryl methyl sites for hydroxylation is 1. The molecule has 7 nitrogen and oxygen atoms in total. The second-order valence-corrected chi connectivity index (χ2v) is 7.86. The fourth-order valence-corrected chi connectivity index (χ4v) is 3.17. The number of rotatable bonds is 6. The number of carbonyl (C=O) groups is 1. The average molecular weight is 340 g/mol. The summed E-state index contributed by atoms with van der Waals surface area (Å²) in [5.74, 6) is -0.0566. The number of ketones is 1. The smallest absolute Gasteiger partial charge is 0.229 e. The number of nitrogens with zero attached hydrogens (tertiary/aromatic N) is 3. The van der Waals surface area contributed by atoms with Crippen LogP contribution in [0.1, 0.15) is 17.3 Å². The summed E-state index contributed by atoms with van der Waals surface area (Å²) in [6, 6.07) is 6.33. The molecule has 1 aromatic carbocycles. The van der Waals surface area contributed by atoms with Crippen molar-refractivity contribution in [3.05, 3.63) is 36.2 Å². The van der Waals surface area contributed by atoms with Crippen LogP contribution in [-0.4, -0.2) is 40.5 Å². The van der Waals surface area contributed by atoms with Gasteiger partial charge in [-0.05, 0) is 31.2 Å². The third-order valence-corrected chi connectivity index (χ3v) is 4.55. The molecule has 0 spiro atoms. The van der Waals surface area contributed by atoms with E-state index in [2.05, 4.69) is 14.9 Å². The Morgan fingerprint density at radius 1 is 1.32 bits per heavy atom. The Bertz CT molecular complexity index is 769. The van der Waals surface area contributed by atoms with Crippen molar-refractivity contribution in [1.82, 2.24) is 14.8 Å². The van der Waals surface area contributed by atoms with Crippen LogP contribution in [0.4, 0.5) is 5.69 Å². The van der Waals surface area contributed by atoms with E-state index in [0.29, 0.717) is 16.4 Å². The number of hydrogen-bond donors (Lipinski definition) is 1. The molecule has 1 aromatic heterocycles. The monoisotopic (exact) mass is 340 g/mol. The molecule has 1 atom stereocenters. The predicted molar refractivity (Wildman–Crippen MR) is 85.6 cm³/mol. The summed E-state index contributed by atoms with van der Waals surface area (Å²) in [7, 11) is -1.51. The van der Waals surface area contributed by atoms with Crippen LogP contribution in [0.3, 0.4) is 0 Å². The van der Waals surface area contributed by atoms with Gasteiger partial charge in [-0.2, -0.15) is 0 Å². The number of aromatic nitrogens is 3. The van der Waals surface area contributed by atoms with Crippen molar-refractivity contribution in [2.45, 2.75) is 17.3 Å². The number of hydrogen-bond acceptors (Lipinski definition) is 6. The lowest BCUT2D eigenvalue weighted by Crippen LogP contribution is -2.15. The Balaban J connectivity index is 2.07. The van der Waals surface area contributed by atoms with E-state index in [1.54, 1.807) is 42.1 Å². The van der Waals surface area contributed by atoms with Gasteiger partial charge in [0.1, 0.15) is 6.33 Å². The van der Waals surface area contributed by atoms with Gasteiger partial charge >= 0.3 is 0 Å². The molecule has 0 aliphatic rings. The summed E-state index contributed by atoms with van der Waals surface area (Å²) in [6.07, 6.45) is 2.65. The van der Waals surface area contributed by atoms with E-state index in [-0.39, 0.29) is 11.0 Å². The second-order valence-electron chi connectivity index (χ2n) is 4.80. The zero-order chi connectivity index (χ0) is 16.3. The van der Waals surface area contributed by atoms with Crippen LogP contribution in [0.5, 0.6) is 0 Å². The van der Waals surface area contributed by atoms with E-state index in [1.807, 2.05) is 7.05 Å². The number of Topliss-reactive ketones (excluding diaryl/α,β-unsaturated/α-hetero) is 1. The number of benzene rings is 1. The molecule has 0 radical (unpaired) electrons. The molecule has 1 unspecified atom stereocenters. The number of nitrogens with one attached hydrogen (secondary N) is 1. The quantitative estimate of drug-likeness (QED) is 0.633. The molecule has 0 saturated heterocycles. The highest BCUT2D eigenvalue weighted by Gasteiger charge is 2.18. The molecule has 22 heavy (non-hydrogen) atoms. The van der Waals surface area contributed by atoms with Crippen molar-refractivity contribution in [2.75, 3.05) is 11.0 Å². The average Bonchev–Trinajstić information content (AvgIpc) is 2.82. The van der Waals surface area contributed by atoms with Crippen LogP contribution in [-0.2, 0) is 17.1 Å². The van der Waals surface area contributed by atoms with Crippen molar-refractivity contribution in [2.24, 2.45) is 7.05 Å². The molecule has 0 bridgehead atoms. The lowest BCUT2D eigenvalue weighted by Gasteiger charge is -2.10. The van der Waals surface area contributed by atoms with Crippen LogP contribution in [0.25, 0.3) is 0 Å². The van der Waals surface area contributed by atoms with Crippen LogP contribution in [0.15, 0.2) is 35.7 Å². The highest BCUT2D eigenvalue weighted by atomic mass is 32.2. The maximum Gasteiger partial charge on any atom is 0.229 e. The Morgan fingerprint density at radius 3 is 2.45 bits per heavy atom. The summed E-state index contributed by atoms with van der Waals surface area (Å²) >= 11 is 1.32. The van der Waals surface area contributed by atoms with E-state index in [9.17, 15) is 13.2 Å². The largest absolute Gasteiger partial charge is 0.312 e. The summed E-state index contributed by atoms with van der Waals surface area (Å²) in [4.78, 5) is 12.4. The van der Waals surface area contributed by atoms with Crippen LogP contribution >= 0.6 is 11.8 Å². The standard InChI is InChI=1S/C13H16N4O3S2/c1-9(21-13-15-14-8-17(13)2)12(18)10-4-6-11(7-5-10)16-22(3,19)20/h4-9,16H,1-3H3. The third-order valence-electron chi connectivity index (χ3n) is 2.79. The van der Waals surface area contributed by atoms with Gasteiger partial charge in [0, 0.05) is 18.3 Å². The number of thioether (sulfide) groups is 1. The van der Waals surface area contributed by atoms with Crippen molar-refractivity contribution >= 4 is 33.3 Å². The first-order valence-corrected chi connectivity index (χ1v) is 9.16. The van der Waals surface area contributed by atoms with Crippen molar-refractivity contribution in [1.29, 1.82) is 0 Å². The van der Waals surface area contributed by atoms with E-state index < -0.39 is 10.0 Å². The van der Waals surface area contributed by atoms with Gasteiger partial charge < -0.3 is 4.57 Å². The highest BCUT2D eigenvalue weighted by Crippen LogP contribution is 2.23. The van der Waals surface area contributed by atoms with Gasteiger partial charge in [-0.15, -0.1) is 10.2 Å². The summed E-state index contributed by atoms with van der Waals surface area (Å²) in [5.41, 5.74) is 0.939. The van der Waals surface area contributed by atoms with Gasteiger partial charge in [0.25, 0.3) is 0 Å². The highest BCUT2D eigenvalue weighted by molar-refractivity contribution is 8.00. The van der Waals surface area contributed by atoms with Gasteiger partial charge in [0.15, 0.2) is 10.9 Å². The Labute approximate surface area is 133 Å². The molecule has 0 saturated carbocycles. The first kappa shape index (κ1) is 16.5. The SMILES string of the molecule is CC(Sc1nncn1C)C(=O)c1ccc(NS(C)(=O)=O)cc1. The number of anilines is 1. The summed E-state index contributed by atoms with van der Waals surface area (Å²) in [6.45, 7) is 1.80. The van der Waals surface area contributed by atoms with E-state index >= 15 is 0 Å². The van der Waals surface area contributed by atoms with Crippen LogP contribution in [0.2, 0.25) is 0 Å². The lowest BCUT2D eigenvalue weighted by molar-refractivity contribution is 0.0994. The Morgan fingerprint density at radius 2 is 1.95 bits per heavy atom. The van der Waals surface area contributed by atoms with Gasteiger partial charge in [-0.3, -0.25) is 9.52 Å². The molecule has 9 heteroatoms. The van der Waals surface area contributed by atoms with Gasteiger partial charge in [0.2, 0.25) is 10.0 Å². The normalized spacial score (nSPS) is 12.9. The molecule has 2 aromatic rings. The maximum absolute atomic E-state index is 12.4. The zero-order valence-electron chi connectivity index (χ0n) is 12.3. The van der Waals surface area contributed by atoms with Gasteiger partial charge in [0.05, 0.1) is 11.5 Å². The minimum atomic E-state index is -3.32. The minimum absolute atomic E-state index is 0.0566. The summed E-state index contributed by atoms with van der Waals surface area (Å²) < 4.78 is 26.4. The van der Waals surface area contributed by atoms with Gasteiger partial charge in [-0.25, -0.2) is 8.42 Å². The fraction of sp³-hybridized carbons (Fsp3) is 0.308. The molecule has 1 N–H and O–H groups in total. The molecule has 0 aliphatic carbocycles. The molecule has 2 rings (SSSR count). The fourth-order valence-electron chi connectivity index (χ4n) is 1.74. The van der Waals surface area contributed by atoms with Crippen LogP contribution in [0, 0.1) is 0 Å². The second kappa shape index (κ2) is 6.49. The van der Waals surface area contributed by atoms with Crippen molar-refractivity contribution in [3.63, 3.8) is 0 Å². The van der Waals surface area contributed by atoms with Crippen molar-refractivity contribution in [3.8, 4) is 0 Å². The minimum Gasteiger partial charge on any atom is -0.312 e. The predicted octanol–water partition coefficient (Wildman–Crippen LogP) is 1.55. The zero-order valence-corrected chi connectivity index (χ0v) is 14.0. The number of sulfonamides is 1. The number of carbonyl (C=O) groups excluding carboxylic acids is 1. The molecule has 1 heterocycles. The van der Waals surface area contributed by atoms with Crippen LogP contribution < -0.4 is 4.72 Å². The maximum atomic E-state index is 12.4. The van der Waals surface area contributed by atoms with Crippen molar-refractivity contribution < 1.29 is 13.2 Å². The van der Waals surface area contributed by atoms with E-state index in [4.69, 9.17) is 0 Å². The molecule has 0 amide bonds. The Hall–Kier alpha value is -1.87. The van der Waals surface area contributed by atoms with E-state index in [1.165, 1.54) is 11.8 Å². The summed E-state index contributed by atoms with van der Waals surface area (Å²) in [5, 5.41) is 8.04. The topological polar surface area (TPSA) is 93.9 Å². The molecule has 0 aliphatic heterocycles.